The molecule has 0 spiro atoms. The first-order valence-electron chi connectivity index (χ1n) is 33.4. The SMILES string of the molecule is CC/C=C\C/C=C\C/C=C\C/C=C\C/C=C\CCCCCCCCCCCCCC(=O)OCC(COC(=O)CCCCCCCCCCCCCCCCC)OC(=O)CCCCCCCC/C=C\C/C=C\C/C=C\C/C=C\CC. The van der Waals surface area contributed by atoms with Gasteiger partial charge < -0.3 is 14.2 Å². The molecule has 1 unspecified atom stereocenters. The number of esters is 3. The van der Waals surface area contributed by atoms with Gasteiger partial charge in [0, 0.05) is 19.3 Å². The highest BCUT2D eigenvalue weighted by molar-refractivity contribution is 5.71. The highest BCUT2D eigenvalue weighted by Gasteiger charge is 2.19. The summed E-state index contributed by atoms with van der Waals surface area (Å²) in [6.45, 7) is 6.43. The summed E-state index contributed by atoms with van der Waals surface area (Å²) in [5.74, 6) is -0.887. The van der Waals surface area contributed by atoms with E-state index in [9.17, 15) is 14.4 Å². The molecule has 0 amide bonds. The minimum absolute atomic E-state index is 0.0824. The Morgan fingerprint density at radius 3 is 0.772 bits per heavy atom. The molecule has 0 radical (unpaired) electrons. The summed E-state index contributed by atoms with van der Waals surface area (Å²) < 4.78 is 17.0. The van der Waals surface area contributed by atoms with Gasteiger partial charge in [-0.2, -0.15) is 0 Å². The van der Waals surface area contributed by atoms with Crippen molar-refractivity contribution in [3.8, 4) is 0 Å². The molecular weight excluding hydrogens is 973 g/mol. The maximum absolute atomic E-state index is 12.9. The maximum atomic E-state index is 12.9. The Hall–Kier alpha value is -3.93. The predicted molar refractivity (Wildman–Crippen MR) is 343 cm³/mol. The Kier molecular flexibility index (Phi) is 63.3. The van der Waals surface area contributed by atoms with Crippen LogP contribution in [0.1, 0.15) is 316 Å². The summed E-state index contributed by atoms with van der Waals surface area (Å²) >= 11 is 0. The van der Waals surface area contributed by atoms with Crippen LogP contribution < -0.4 is 0 Å². The first kappa shape index (κ1) is 75.1. The smallest absolute Gasteiger partial charge is 0.306 e. The molecule has 0 aliphatic carbocycles. The third-order valence-corrected chi connectivity index (χ3v) is 14.3. The molecule has 0 rings (SSSR count). The summed E-state index contributed by atoms with van der Waals surface area (Å²) in [5.41, 5.74) is 0. The van der Waals surface area contributed by atoms with Crippen LogP contribution in [0.3, 0.4) is 0 Å². The van der Waals surface area contributed by atoms with Gasteiger partial charge in [-0.05, 0) is 103 Å². The van der Waals surface area contributed by atoms with Crippen LogP contribution in [0.15, 0.2) is 109 Å². The molecule has 0 aliphatic rings. The van der Waals surface area contributed by atoms with Gasteiger partial charge in [0.2, 0.25) is 0 Å². The highest BCUT2D eigenvalue weighted by Crippen LogP contribution is 2.17. The molecular formula is C73H124O6. The molecule has 452 valence electrons. The molecule has 6 nitrogen and oxygen atoms in total. The van der Waals surface area contributed by atoms with E-state index < -0.39 is 6.10 Å². The first-order chi connectivity index (χ1) is 39.0. The number of carbonyl (C=O) groups excluding carboxylic acids is 3. The number of carbonyl (C=O) groups is 3. The second kappa shape index (κ2) is 66.6. The van der Waals surface area contributed by atoms with E-state index in [2.05, 4.69) is 130 Å². The summed E-state index contributed by atoms with van der Waals surface area (Å²) in [7, 11) is 0. The fourth-order valence-corrected chi connectivity index (χ4v) is 9.35. The van der Waals surface area contributed by atoms with Crippen molar-refractivity contribution < 1.29 is 28.6 Å². The van der Waals surface area contributed by atoms with Crippen LogP contribution in [0.5, 0.6) is 0 Å². The zero-order valence-electron chi connectivity index (χ0n) is 51.9. The fraction of sp³-hybridized carbons (Fsp3) is 0.712. The molecule has 0 saturated carbocycles. The molecule has 0 aliphatic heterocycles. The Bertz CT molecular complexity index is 1590. The van der Waals surface area contributed by atoms with E-state index in [1.54, 1.807) is 0 Å². The van der Waals surface area contributed by atoms with Crippen LogP contribution in [0.4, 0.5) is 0 Å². The lowest BCUT2D eigenvalue weighted by atomic mass is 10.0. The van der Waals surface area contributed by atoms with Crippen LogP contribution in [-0.4, -0.2) is 37.2 Å². The molecule has 0 N–H and O–H groups in total. The maximum Gasteiger partial charge on any atom is 0.306 e. The molecule has 6 heteroatoms. The lowest BCUT2D eigenvalue weighted by molar-refractivity contribution is -0.167. The molecule has 0 heterocycles. The van der Waals surface area contributed by atoms with Crippen molar-refractivity contribution in [3.05, 3.63) is 109 Å². The van der Waals surface area contributed by atoms with Crippen molar-refractivity contribution in [2.24, 2.45) is 0 Å². The second-order valence-electron chi connectivity index (χ2n) is 22.0. The lowest BCUT2D eigenvalue weighted by Crippen LogP contribution is -2.30. The molecule has 0 aromatic rings. The van der Waals surface area contributed by atoms with E-state index in [-0.39, 0.29) is 31.1 Å². The Morgan fingerprint density at radius 1 is 0.266 bits per heavy atom. The Balaban J connectivity index is 4.34. The van der Waals surface area contributed by atoms with Gasteiger partial charge in [0.1, 0.15) is 13.2 Å². The van der Waals surface area contributed by atoms with E-state index in [0.717, 1.165) is 128 Å². The van der Waals surface area contributed by atoms with Gasteiger partial charge >= 0.3 is 17.9 Å². The minimum atomic E-state index is -0.788. The molecule has 1 atom stereocenters. The zero-order valence-corrected chi connectivity index (χ0v) is 51.9. The van der Waals surface area contributed by atoms with Gasteiger partial charge in [0.25, 0.3) is 0 Å². The number of unbranched alkanes of at least 4 members (excludes halogenated alkanes) is 31. The van der Waals surface area contributed by atoms with E-state index >= 15 is 0 Å². The lowest BCUT2D eigenvalue weighted by Gasteiger charge is -2.18. The topological polar surface area (TPSA) is 78.9 Å². The summed E-state index contributed by atoms with van der Waals surface area (Å²) in [6, 6.07) is 0. The number of ether oxygens (including phenoxy) is 3. The molecule has 0 bridgehead atoms. The van der Waals surface area contributed by atoms with Crippen LogP contribution in [0, 0.1) is 0 Å². The molecule has 0 fully saturated rings. The molecule has 0 aromatic heterocycles. The predicted octanol–water partition coefficient (Wildman–Crippen LogP) is 23.0. The number of allylic oxidation sites excluding steroid dienone is 18. The van der Waals surface area contributed by atoms with Crippen molar-refractivity contribution in [3.63, 3.8) is 0 Å². The van der Waals surface area contributed by atoms with Crippen LogP contribution in [0.2, 0.25) is 0 Å². The molecule has 0 saturated heterocycles. The van der Waals surface area contributed by atoms with Gasteiger partial charge in [0.15, 0.2) is 6.10 Å². The van der Waals surface area contributed by atoms with E-state index in [1.165, 1.54) is 148 Å². The zero-order chi connectivity index (χ0) is 57.1. The van der Waals surface area contributed by atoms with Crippen molar-refractivity contribution in [1.82, 2.24) is 0 Å². The number of hydrogen-bond donors (Lipinski definition) is 0. The number of hydrogen-bond acceptors (Lipinski definition) is 6. The van der Waals surface area contributed by atoms with Gasteiger partial charge in [0.05, 0.1) is 0 Å². The van der Waals surface area contributed by atoms with E-state index in [4.69, 9.17) is 14.2 Å². The van der Waals surface area contributed by atoms with Gasteiger partial charge in [-0.25, -0.2) is 0 Å². The largest absolute Gasteiger partial charge is 0.462 e. The third-order valence-electron chi connectivity index (χ3n) is 14.3. The van der Waals surface area contributed by atoms with Gasteiger partial charge in [-0.1, -0.05) is 304 Å². The second-order valence-corrected chi connectivity index (χ2v) is 22.0. The quantitative estimate of drug-likeness (QED) is 0.0261. The summed E-state index contributed by atoms with van der Waals surface area (Å²) in [5, 5.41) is 0. The van der Waals surface area contributed by atoms with Crippen molar-refractivity contribution in [1.29, 1.82) is 0 Å². The summed E-state index contributed by atoms with van der Waals surface area (Å²) in [6.07, 6.45) is 90.9. The van der Waals surface area contributed by atoms with Crippen molar-refractivity contribution in [2.75, 3.05) is 13.2 Å². The van der Waals surface area contributed by atoms with Crippen molar-refractivity contribution in [2.45, 2.75) is 322 Å². The van der Waals surface area contributed by atoms with Crippen LogP contribution in [-0.2, 0) is 28.6 Å². The first-order valence-corrected chi connectivity index (χ1v) is 33.4. The van der Waals surface area contributed by atoms with Gasteiger partial charge in [-0.15, -0.1) is 0 Å². The van der Waals surface area contributed by atoms with Crippen molar-refractivity contribution >= 4 is 17.9 Å². The van der Waals surface area contributed by atoms with E-state index in [1.807, 2.05) is 0 Å². The molecule has 79 heavy (non-hydrogen) atoms. The van der Waals surface area contributed by atoms with E-state index in [0.29, 0.717) is 19.3 Å². The standard InChI is InChI=1S/C73H124O6/c1-4-7-10-13-16-19-22-25-28-30-32-33-34-35-36-37-38-39-41-42-45-48-51-54-57-60-63-66-72(75)78-69-70(68-77-71(74)65-62-59-56-53-50-47-44-27-24-21-18-15-12-9-6-3)79-73(76)67-64-61-58-55-52-49-46-43-40-31-29-26-23-20-17-14-11-8-5-2/h7-8,10-11,16-17,19-20,25-26,28-29,32-33,35-36,40,43,70H,4-6,9,12-15,18,21-24,27,30-31,34,37-39,41-42,44-69H2,1-3H3/b10-7-,11-8-,19-16-,20-17-,28-25-,29-26-,33-32-,36-35-,43-40-. The Morgan fingerprint density at radius 2 is 0.494 bits per heavy atom. The summed E-state index contributed by atoms with van der Waals surface area (Å²) in [4.78, 5) is 38.4. The van der Waals surface area contributed by atoms with Crippen LogP contribution >= 0.6 is 0 Å². The average Bonchev–Trinajstić information content (AvgIpc) is 3.45. The number of rotatable bonds is 60. The monoisotopic (exact) mass is 1100 g/mol. The normalized spacial score (nSPS) is 12.8. The third kappa shape index (κ3) is 64.8. The highest BCUT2D eigenvalue weighted by atomic mass is 16.6. The molecule has 0 aromatic carbocycles. The van der Waals surface area contributed by atoms with Gasteiger partial charge in [-0.3, -0.25) is 14.4 Å². The average molecular weight is 1100 g/mol. The Labute approximate surface area is 489 Å². The van der Waals surface area contributed by atoms with Crippen LogP contribution in [0.25, 0.3) is 0 Å². The minimum Gasteiger partial charge on any atom is -0.462 e. The fourth-order valence-electron chi connectivity index (χ4n) is 9.35.